The van der Waals surface area contributed by atoms with Crippen molar-refractivity contribution < 1.29 is 23.8 Å². The van der Waals surface area contributed by atoms with Crippen LogP contribution >= 0.6 is 0 Å². The van der Waals surface area contributed by atoms with Crippen LogP contribution < -0.4 is 0 Å². The number of unbranched alkanes of at least 4 members (excludes halogenated alkanes) is 1. The van der Waals surface area contributed by atoms with Gasteiger partial charge in [0.05, 0.1) is 6.10 Å². The van der Waals surface area contributed by atoms with Gasteiger partial charge in [-0.05, 0) is 81.3 Å². The first-order chi connectivity index (χ1) is 14.6. The Bertz CT molecular complexity index is 632. The Balaban J connectivity index is 1.67. The molecule has 0 bridgehead atoms. The van der Waals surface area contributed by atoms with Gasteiger partial charge >= 0.3 is 5.97 Å². The van der Waals surface area contributed by atoms with Crippen LogP contribution in [0.3, 0.4) is 0 Å². The molecule has 3 aliphatic rings. The van der Waals surface area contributed by atoms with E-state index >= 15 is 0 Å². The van der Waals surface area contributed by atoms with Gasteiger partial charge in [0.1, 0.15) is 0 Å². The van der Waals surface area contributed by atoms with Crippen molar-refractivity contribution in [3.05, 3.63) is 11.6 Å². The maximum Gasteiger partial charge on any atom is 0.303 e. The van der Waals surface area contributed by atoms with E-state index in [0.717, 1.165) is 51.7 Å². The minimum absolute atomic E-state index is 0.0593. The molecule has 3 rings (SSSR count). The zero-order valence-corrected chi connectivity index (χ0v) is 21.3. The van der Waals surface area contributed by atoms with E-state index in [0.29, 0.717) is 17.8 Å². The molecule has 0 aromatic rings. The van der Waals surface area contributed by atoms with Gasteiger partial charge in [-0.15, -0.1) is 0 Å². The molecule has 1 saturated heterocycles. The number of fused-ring (bicyclic) bond motifs is 1. The molecule has 1 heterocycles. The predicted molar refractivity (Wildman–Crippen MR) is 126 cm³/mol. The van der Waals surface area contributed by atoms with Crippen LogP contribution in [-0.2, 0) is 18.7 Å². The summed E-state index contributed by atoms with van der Waals surface area (Å²) in [6, 6.07) is 0. The van der Waals surface area contributed by atoms with E-state index in [1.54, 1.807) is 0 Å². The van der Waals surface area contributed by atoms with Gasteiger partial charge in [-0.2, -0.15) is 0 Å². The molecule has 1 N–H and O–H groups in total. The first-order valence-corrected chi connectivity index (χ1v) is 15.3. The van der Waals surface area contributed by atoms with E-state index in [1.165, 1.54) is 18.4 Å². The smallest absolute Gasteiger partial charge is 0.303 e. The van der Waals surface area contributed by atoms with E-state index in [2.05, 4.69) is 39.9 Å². The van der Waals surface area contributed by atoms with Gasteiger partial charge in [-0.1, -0.05) is 32.4 Å². The van der Waals surface area contributed by atoms with Crippen LogP contribution in [0.2, 0.25) is 18.1 Å². The molecule has 0 aromatic carbocycles. The summed E-state index contributed by atoms with van der Waals surface area (Å²) < 4.78 is 19.2. The number of rotatable bonds is 9. The topological polar surface area (TPSA) is 65.0 Å². The van der Waals surface area contributed by atoms with Crippen molar-refractivity contribution in [3.63, 3.8) is 0 Å². The fourth-order valence-corrected chi connectivity index (χ4v) is 6.29. The zero-order valence-electron chi connectivity index (χ0n) is 20.3. The highest BCUT2D eigenvalue weighted by Gasteiger charge is 2.50. The predicted octanol–water partition coefficient (Wildman–Crippen LogP) is 6.15. The maximum absolute atomic E-state index is 10.8. The Labute approximate surface area is 190 Å². The second kappa shape index (κ2) is 10.5. The number of carboxylic acid groups (broad SMARTS) is 1. The molecule has 1 aliphatic heterocycles. The van der Waals surface area contributed by atoms with Crippen LogP contribution in [0, 0.1) is 17.8 Å². The van der Waals surface area contributed by atoms with Crippen LogP contribution in [-0.4, -0.2) is 45.0 Å². The van der Waals surface area contributed by atoms with E-state index < -0.39 is 14.3 Å². The van der Waals surface area contributed by atoms with Gasteiger partial charge in [0, 0.05) is 25.6 Å². The van der Waals surface area contributed by atoms with E-state index in [9.17, 15) is 4.79 Å². The van der Waals surface area contributed by atoms with Crippen LogP contribution in [0.4, 0.5) is 0 Å². The number of ether oxygens (including phenoxy) is 2. The van der Waals surface area contributed by atoms with Gasteiger partial charge in [0.25, 0.3) is 0 Å². The molecule has 2 aliphatic carbocycles. The van der Waals surface area contributed by atoms with Crippen molar-refractivity contribution in [2.75, 3.05) is 13.2 Å². The molecule has 5 nitrogen and oxygen atoms in total. The standard InChI is InChI=1S/C25H44O5Si/c1-25(2,3)31(4,5)29-17-21-19-14-13-18(10-6-7-11-23(26)27)20(19)16-22(21)30-24-12-8-9-15-28-24/h10,19-22,24H,6-9,11-17H2,1-5H3,(H,26,27). The Morgan fingerprint density at radius 3 is 2.68 bits per heavy atom. The molecule has 178 valence electrons. The number of hydrogen-bond acceptors (Lipinski definition) is 4. The van der Waals surface area contributed by atoms with Crippen molar-refractivity contribution in [2.24, 2.45) is 17.8 Å². The molecule has 0 spiro atoms. The lowest BCUT2D eigenvalue weighted by Gasteiger charge is -2.38. The fourth-order valence-electron chi connectivity index (χ4n) is 5.25. The molecule has 0 amide bonds. The summed E-state index contributed by atoms with van der Waals surface area (Å²) in [5.74, 6) is 0.900. The van der Waals surface area contributed by atoms with Gasteiger partial charge in [-0.3, -0.25) is 4.79 Å². The van der Waals surface area contributed by atoms with Gasteiger partial charge in [0.2, 0.25) is 0 Å². The number of aliphatic carboxylic acids is 1. The highest BCUT2D eigenvalue weighted by molar-refractivity contribution is 6.74. The Morgan fingerprint density at radius 1 is 1.26 bits per heavy atom. The quantitative estimate of drug-likeness (QED) is 0.258. The summed E-state index contributed by atoms with van der Waals surface area (Å²) in [7, 11) is -1.81. The van der Waals surface area contributed by atoms with E-state index in [4.69, 9.17) is 19.0 Å². The monoisotopic (exact) mass is 452 g/mol. The lowest BCUT2D eigenvalue weighted by atomic mass is 9.91. The Kier molecular flexibility index (Phi) is 8.44. The molecule has 0 aromatic heterocycles. The number of carbonyl (C=O) groups is 1. The van der Waals surface area contributed by atoms with Gasteiger partial charge in [0.15, 0.2) is 14.6 Å². The minimum atomic E-state index is -1.81. The summed E-state index contributed by atoms with van der Waals surface area (Å²) >= 11 is 0. The molecule has 6 heteroatoms. The van der Waals surface area contributed by atoms with Crippen molar-refractivity contribution in [2.45, 2.75) is 109 Å². The van der Waals surface area contributed by atoms with Crippen LogP contribution in [0.25, 0.3) is 0 Å². The number of hydrogen-bond donors (Lipinski definition) is 1. The third-order valence-corrected chi connectivity index (χ3v) is 12.7. The lowest BCUT2D eigenvalue weighted by molar-refractivity contribution is -0.197. The molecule has 0 radical (unpaired) electrons. The minimum Gasteiger partial charge on any atom is -0.481 e. The summed E-state index contributed by atoms with van der Waals surface area (Å²) in [5.41, 5.74) is 1.53. The summed E-state index contributed by atoms with van der Waals surface area (Å²) in [5, 5.41) is 9.11. The Morgan fingerprint density at radius 2 is 2.03 bits per heavy atom. The third kappa shape index (κ3) is 6.43. The first-order valence-electron chi connectivity index (χ1n) is 12.4. The molecule has 31 heavy (non-hydrogen) atoms. The lowest BCUT2D eigenvalue weighted by Crippen LogP contribution is -2.43. The van der Waals surface area contributed by atoms with Gasteiger partial charge < -0.3 is 19.0 Å². The maximum atomic E-state index is 10.8. The van der Waals surface area contributed by atoms with Crippen molar-refractivity contribution in [1.82, 2.24) is 0 Å². The van der Waals surface area contributed by atoms with Crippen molar-refractivity contribution in [3.8, 4) is 0 Å². The molecule has 3 fully saturated rings. The third-order valence-electron chi connectivity index (χ3n) is 8.18. The fraction of sp³-hybridized carbons (Fsp3) is 0.880. The Hall–Kier alpha value is -0.693. The highest BCUT2D eigenvalue weighted by Crippen LogP contribution is 2.52. The largest absolute Gasteiger partial charge is 0.481 e. The molecular formula is C25H44O5Si. The van der Waals surface area contributed by atoms with Crippen molar-refractivity contribution in [1.29, 1.82) is 0 Å². The number of allylic oxidation sites excluding steroid dienone is 2. The molecule has 5 unspecified atom stereocenters. The average Bonchev–Trinajstić information content (AvgIpc) is 3.22. The molecule has 2 saturated carbocycles. The summed E-state index contributed by atoms with van der Waals surface area (Å²) in [4.78, 5) is 10.8. The second-order valence-corrected chi connectivity index (χ2v) is 16.1. The van der Waals surface area contributed by atoms with Crippen LogP contribution in [0.1, 0.15) is 78.6 Å². The van der Waals surface area contributed by atoms with Crippen LogP contribution in [0.5, 0.6) is 0 Å². The van der Waals surface area contributed by atoms with Crippen molar-refractivity contribution >= 4 is 14.3 Å². The second-order valence-electron chi connectivity index (χ2n) is 11.3. The zero-order chi connectivity index (χ0) is 22.6. The van der Waals surface area contributed by atoms with Gasteiger partial charge in [-0.25, -0.2) is 0 Å². The number of carboxylic acids is 1. The first kappa shape index (κ1) is 24.9. The SMILES string of the molecule is CC(C)(C)[Si](C)(C)OCC1C(OC2CCCCO2)CC2C(=CCCCC(=O)O)CCC21. The molecule has 5 atom stereocenters. The summed E-state index contributed by atoms with van der Waals surface area (Å²) in [6.45, 7) is 13.2. The van der Waals surface area contributed by atoms with E-state index in [1.807, 2.05) is 0 Å². The summed E-state index contributed by atoms with van der Waals surface area (Å²) in [6.07, 6.45) is 11.0. The normalized spacial score (nSPS) is 33.1. The van der Waals surface area contributed by atoms with Crippen LogP contribution in [0.15, 0.2) is 11.6 Å². The van der Waals surface area contributed by atoms with E-state index in [-0.39, 0.29) is 23.9 Å². The highest BCUT2D eigenvalue weighted by atomic mass is 28.4. The average molecular weight is 453 g/mol. The molecular weight excluding hydrogens is 408 g/mol.